The Balaban J connectivity index is 2.41. The highest BCUT2D eigenvalue weighted by Gasteiger charge is 2.14. The summed E-state index contributed by atoms with van der Waals surface area (Å²) in [4.78, 5) is 11.5. The van der Waals surface area contributed by atoms with Crippen LogP contribution in [0.3, 0.4) is 0 Å². The lowest BCUT2D eigenvalue weighted by molar-refractivity contribution is -0.145. The Bertz CT molecular complexity index is 379. The van der Waals surface area contributed by atoms with Gasteiger partial charge in [0.15, 0.2) is 0 Å². The number of carbonyl (C=O) groups excluding carboxylic acids is 1. The van der Waals surface area contributed by atoms with Crippen LogP contribution >= 0.6 is 15.9 Å². The van der Waals surface area contributed by atoms with E-state index >= 15 is 0 Å². The molecule has 2 N–H and O–H groups in total. The van der Waals surface area contributed by atoms with Crippen LogP contribution in [0, 0.1) is 5.92 Å². The van der Waals surface area contributed by atoms with Gasteiger partial charge in [0.05, 0.1) is 6.42 Å². The van der Waals surface area contributed by atoms with Crippen LogP contribution in [0.1, 0.15) is 25.8 Å². The minimum absolute atomic E-state index is 0.137. The summed E-state index contributed by atoms with van der Waals surface area (Å²) in [6.07, 6.45) is 0.266. The van der Waals surface area contributed by atoms with Crippen molar-refractivity contribution in [2.24, 2.45) is 11.7 Å². The van der Waals surface area contributed by atoms with Crippen molar-refractivity contribution in [1.29, 1.82) is 0 Å². The van der Waals surface area contributed by atoms with Crippen LogP contribution in [0.15, 0.2) is 28.7 Å². The summed E-state index contributed by atoms with van der Waals surface area (Å²) >= 11 is 3.40. The molecule has 0 saturated heterocycles. The molecule has 94 valence electrons. The average Bonchev–Trinajstić information content (AvgIpc) is 2.27. The molecular weight excluding hydrogens is 282 g/mol. The SMILES string of the molecule is CC(C)C(N)CC(=O)OCc1ccccc1Br. The van der Waals surface area contributed by atoms with Crippen LogP contribution in [0.4, 0.5) is 0 Å². The van der Waals surface area contributed by atoms with E-state index in [1.54, 1.807) is 0 Å². The van der Waals surface area contributed by atoms with E-state index < -0.39 is 0 Å². The first-order chi connectivity index (χ1) is 8.00. The summed E-state index contributed by atoms with van der Waals surface area (Å²) in [6.45, 7) is 4.27. The summed E-state index contributed by atoms with van der Waals surface area (Å²) in [6, 6.07) is 7.53. The Morgan fingerprint density at radius 3 is 2.65 bits per heavy atom. The van der Waals surface area contributed by atoms with Gasteiger partial charge < -0.3 is 10.5 Å². The predicted octanol–water partition coefficient (Wildman–Crippen LogP) is 2.87. The normalized spacial score (nSPS) is 12.5. The van der Waals surface area contributed by atoms with Crippen molar-refractivity contribution in [2.75, 3.05) is 0 Å². The molecule has 0 heterocycles. The second-order valence-electron chi connectivity index (χ2n) is 4.36. The molecule has 0 amide bonds. The van der Waals surface area contributed by atoms with Gasteiger partial charge in [-0.3, -0.25) is 4.79 Å². The van der Waals surface area contributed by atoms with Gasteiger partial charge in [0.2, 0.25) is 0 Å². The lowest BCUT2D eigenvalue weighted by atomic mass is 10.0. The van der Waals surface area contributed by atoms with E-state index in [1.165, 1.54) is 0 Å². The zero-order chi connectivity index (χ0) is 12.8. The molecule has 17 heavy (non-hydrogen) atoms. The van der Waals surface area contributed by atoms with Crippen LogP contribution in [0.25, 0.3) is 0 Å². The molecule has 0 spiro atoms. The van der Waals surface area contributed by atoms with Crippen LogP contribution in [-0.4, -0.2) is 12.0 Å². The quantitative estimate of drug-likeness (QED) is 0.851. The fourth-order valence-electron chi connectivity index (χ4n) is 1.26. The summed E-state index contributed by atoms with van der Waals surface area (Å²) in [5, 5.41) is 0. The Morgan fingerprint density at radius 1 is 1.41 bits per heavy atom. The molecule has 0 radical (unpaired) electrons. The van der Waals surface area contributed by atoms with Crippen LogP contribution < -0.4 is 5.73 Å². The lowest BCUT2D eigenvalue weighted by Crippen LogP contribution is -2.29. The van der Waals surface area contributed by atoms with Crippen molar-refractivity contribution >= 4 is 21.9 Å². The molecule has 0 fully saturated rings. The number of hydrogen-bond donors (Lipinski definition) is 1. The molecule has 1 aromatic carbocycles. The number of rotatable bonds is 5. The van der Waals surface area contributed by atoms with Crippen molar-refractivity contribution in [1.82, 2.24) is 0 Å². The molecule has 1 aromatic rings. The first-order valence-electron chi connectivity index (χ1n) is 5.65. The molecular formula is C13H18BrNO2. The third-order valence-electron chi connectivity index (χ3n) is 2.61. The second kappa shape index (κ2) is 6.77. The molecule has 0 bridgehead atoms. The fourth-order valence-corrected chi connectivity index (χ4v) is 1.66. The maximum atomic E-state index is 11.5. The smallest absolute Gasteiger partial charge is 0.307 e. The zero-order valence-corrected chi connectivity index (χ0v) is 11.7. The van der Waals surface area contributed by atoms with Gasteiger partial charge in [-0.05, 0) is 12.0 Å². The van der Waals surface area contributed by atoms with Gasteiger partial charge >= 0.3 is 5.97 Å². The van der Waals surface area contributed by atoms with E-state index in [2.05, 4.69) is 15.9 Å². The maximum Gasteiger partial charge on any atom is 0.307 e. The third-order valence-corrected chi connectivity index (χ3v) is 3.38. The van der Waals surface area contributed by atoms with E-state index in [1.807, 2.05) is 38.1 Å². The maximum absolute atomic E-state index is 11.5. The van der Waals surface area contributed by atoms with Gasteiger partial charge in [0.1, 0.15) is 6.61 Å². The Morgan fingerprint density at radius 2 is 2.06 bits per heavy atom. The topological polar surface area (TPSA) is 52.3 Å². The standard InChI is InChI=1S/C13H18BrNO2/c1-9(2)12(15)7-13(16)17-8-10-5-3-4-6-11(10)14/h3-6,9,12H,7-8,15H2,1-2H3. The highest BCUT2D eigenvalue weighted by Crippen LogP contribution is 2.17. The molecule has 1 atom stereocenters. The number of carbonyl (C=O) groups is 1. The molecule has 0 aliphatic carbocycles. The molecule has 1 unspecified atom stereocenters. The zero-order valence-electron chi connectivity index (χ0n) is 10.2. The average molecular weight is 300 g/mol. The Labute approximate surface area is 110 Å². The van der Waals surface area contributed by atoms with Crippen molar-refractivity contribution in [3.63, 3.8) is 0 Å². The molecule has 0 aliphatic rings. The first kappa shape index (κ1) is 14.2. The van der Waals surface area contributed by atoms with Crippen molar-refractivity contribution in [3.8, 4) is 0 Å². The minimum Gasteiger partial charge on any atom is -0.461 e. The van der Waals surface area contributed by atoms with E-state index in [0.29, 0.717) is 0 Å². The highest BCUT2D eigenvalue weighted by molar-refractivity contribution is 9.10. The van der Waals surface area contributed by atoms with E-state index in [0.717, 1.165) is 10.0 Å². The van der Waals surface area contributed by atoms with Gasteiger partial charge in [-0.1, -0.05) is 48.0 Å². The third kappa shape index (κ3) is 4.88. The molecule has 0 aromatic heterocycles. The summed E-state index contributed by atoms with van der Waals surface area (Å²) in [5.74, 6) is 0.0352. The van der Waals surface area contributed by atoms with Gasteiger partial charge in [0.25, 0.3) is 0 Å². The molecule has 0 aliphatic heterocycles. The highest BCUT2D eigenvalue weighted by atomic mass is 79.9. The predicted molar refractivity (Wildman–Crippen MR) is 71.4 cm³/mol. The first-order valence-corrected chi connectivity index (χ1v) is 6.44. The Hall–Kier alpha value is -0.870. The largest absolute Gasteiger partial charge is 0.461 e. The number of ether oxygens (including phenoxy) is 1. The van der Waals surface area contributed by atoms with Gasteiger partial charge in [-0.2, -0.15) is 0 Å². The minimum atomic E-state index is -0.248. The van der Waals surface area contributed by atoms with Crippen LogP contribution in [0.2, 0.25) is 0 Å². The summed E-state index contributed by atoms with van der Waals surface area (Å²) in [5.41, 5.74) is 6.76. The van der Waals surface area contributed by atoms with Gasteiger partial charge in [-0.25, -0.2) is 0 Å². The number of halogens is 1. The van der Waals surface area contributed by atoms with Crippen molar-refractivity contribution in [3.05, 3.63) is 34.3 Å². The molecule has 4 heteroatoms. The van der Waals surface area contributed by atoms with E-state index in [9.17, 15) is 4.79 Å². The van der Waals surface area contributed by atoms with Crippen LogP contribution in [-0.2, 0) is 16.1 Å². The number of benzene rings is 1. The summed E-state index contributed by atoms with van der Waals surface area (Å²) in [7, 11) is 0. The van der Waals surface area contributed by atoms with Gasteiger partial charge in [-0.15, -0.1) is 0 Å². The Kier molecular flexibility index (Phi) is 5.65. The number of nitrogens with two attached hydrogens (primary N) is 1. The summed E-state index contributed by atoms with van der Waals surface area (Å²) < 4.78 is 6.13. The number of hydrogen-bond acceptors (Lipinski definition) is 3. The fraction of sp³-hybridized carbons (Fsp3) is 0.462. The second-order valence-corrected chi connectivity index (χ2v) is 5.22. The lowest BCUT2D eigenvalue weighted by Gasteiger charge is -2.14. The van der Waals surface area contributed by atoms with Crippen molar-refractivity contribution in [2.45, 2.75) is 32.9 Å². The monoisotopic (exact) mass is 299 g/mol. The molecule has 1 rings (SSSR count). The van der Waals surface area contributed by atoms with E-state index in [-0.39, 0.29) is 31.0 Å². The van der Waals surface area contributed by atoms with Crippen LogP contribution in [0.5, 0.6) is 0 Å². The van der Waals surface area contributed by atoms with Crippen molar-refractivity contribution < 1.29 is 9.53 Å². The molecule has 3 nitrogen and oxygen atoms in total. The van der Waals surface area contributed by atoms with E-state index in [4.69, 9.17) is 10.5 Å². The van der Waals surface area contributed by atoms with Gasteiger partial charge in [0, 0.05) is 16.1 Å². The molecule has 0 saturated carbocycles. The number of esters is 1.